The van der Waals surface area contributed by atoms with Crippen LogP contribution in [0.5, 0.6) is 0 Å². The van der Waals surface area contributed by atoms with Gasteiger partial charge >= 0.3 is 0 Å². The molecule has 2 rings (SSSR count). The van der Waals surface area contributed by atoms with Crippen LogP contribution in [-0.2, 0) is 14.6 Å². The largest absolute Gasteiger partial charge is 0.350 e. The molecule has 5 heteroatoms. The Balaban J connectivity index is 2.27. The maximum atomic E-state index is 11.7. The van der Waals surface area contributed by atoms with E-state index >= 15 is 0 Å². The summed E-state index contributed by atoms with van der Waals surface area (Å²) >= 11 is 0. The molecule has 2 aliphatic rings. The van der Waals surface area contributed by atoms with E-state index in [2.05, 4.69) is 5.32 Å². The van der Waals surface area contributed by atoms with E-state index in [0.29, 0.717) is 19.3 Å². The van der Waals surface area contributed by atoms with Crippen LogP contribution in [-0.4, -0.2) is 30.9 Å². The minimum atomic E-state index is -2.97. The molecule has 14 heavy (non-hydrogen) atoms. The normalized spacial score (nSPS) is 41.2. The highest BCUT2D eigenvalue weighted by Crippen LogP contribution is 2.35. The molecular formula is C9H15NO3S. The SMILES string of the molecule is CC1(C2CCCS2(=O)=O)CCC(=O)N1. The van der Waals surface area contributed by atoms with E-state index in [0.717, 1.165) is 6.42 Å². The smallest absolute Gasteiger partial charge is 0.220 e. The van der Waals surface area contributed by atoms with Crippen molar-refractivity contribution in [3.05, 3.63) is 0 Å². The second-order valence-corrected chi connectivity index (χ2v) is 6.77. The molecule has 80 valence electrons. The molecule has 4 nitrogen and oxygen atoms in total. The Morgan fingerprint density at radius 2 is 2.21 bits per heavy atom. The van der Waals surface area contributed by atoms with Crippen molar-refractivity contribution in [3.8, 4) is 0 Å². The van der Waals surface area contributed by atoms with Gasteiger partial charge in [0.25, 0.3) is 0 Å². The molecule has 2 unspecified atom stereocenters. The van der Waals surface area contributed by atoms with Crippen molar-refractivity contribution < 1.29 is 13.2 Å². The molecule has 2 atom stereocenters. The predicted octanol–water partition coefficient (Wildman–Crippen LogP) is 0.232. The average Bonchev–Trinajstić information content (AvgIpc) is 2.56. The number of rotatable bonds is 1. The first-order chi connectivity index (χ1) is 6.44. The van der Waals surface area contributed by atoms with Gasteiger partial charge in [-0.25, -0.2) is 8.42 Å². The summed E-state index contributed by atoms with van der Waals surface area (Å²) in [5, 5.41) is 2.45. The molecule has 2 saturated heterocycles. The quantitative estimate of drug-likeness (QED) is 0.684. The Hall–Kier alpha value is -0.580. The van der Waals surface area contributed by atoms with E-state index in [9.17, 15) is 13.2 Å². The molecule has 0 bridgehead atoms. The fourth-order valence-electron chi connectivity index (χ4n) is 2.56. The van der Waals surface area contributed by atoms with Gasteiger partial charge in [-0.3, -0.25) is 4.79 Å². The highest BCUT2D eigenvalue weighted by Gasteiger charge is 2.48. The van der Waals surface area contributed by atoms with Crippen LogP contribution >= 0.6 is 0 Å². The number of hydrogen-bond acceptors (Lipinski definition) is 3. The lowest BCUT2D eigenvalue weighted by Crippen LogP contribution is -2.50. The molecule has 0 saturated carbocycles. The summed E-state index contributed by atoms with van der Waals surface area (Å²) in [6, 6.07) is 0. The van der Waals surface area contributed by atoms with Crippen LogP contribution < -0.4 is 5.32 Å². The van der Waals surface area contributed by atoms with Gasteiger partial charge in [-0.15, -0.1) is 0 Å². The Kier molecular flexibility index (Phi) is 2.10. The van der Waals surface area contributed by atoms with E-state index in [1.165, 1.54) is 0 Å². The zero-order valence-corrected chi connectivity index (χ0v) is 9.06. The average molecular weight is 217 g/mol. The number of hydrogen-bond donors (Lipinski definition) is 1. The van der Waals surface area contributed by atoms with Crippen molar-refractivity contribution in [3.63, 3.8) is 0 Å². The monoisotopic (exact) mass is 217 g/mol. The van der Waals surface area contributed by atoms with Crippen molar-refractivity contribution >= 4 is 15.7 Å². The van der Waals surface area contributed by atoms with E-state index in [1.54, 1.807) is 0 Å². The molecule has 1 N–H and O–H groups in total. The molecule has 1 amide bonds. The summed E-state index contributed by atoms with van der Waals surface area (Å²) in [5.74, 6) is 0.262. The molecule has 2 aliphatic heterocycles. The number of amides is 1. The molecule has 2 heterocycles. The van der Waals surface area contributed by atoms with E-state index < -0.39 is 15.4 Å². The molecule has 0 aromatic rings. The lowest BCUT2D eigenvalue weighted by molar-refractivity contribution is -0.119. The maximum absolute atomic E-state index is 11.7. The van der Waals surface area contributed by atoms with Crippen molar-refractivity contribution in [2.75, 3.05) is 5.75 Å². The molecule has 0 aliphatic carbocycles. The van der Waals surface area contributed by atoms with Gasteiger partial charge in [0.2, 0.25) is 5.91 Å². The molecule has 2 fully saturated rings. The molecule has 0 aromatic heterocycles. The van der Waals surface area contributed by atoms with Gasteiger partial charge in [0.05, 0.1) is 16.5 Å². The molecule has 0 spiro atoms. The van der Waals surface area contributed by atoms with E-state index in [1.807, 2.05) is 6.92 Å². The summed E-state index contributed by atoms with van der Waals surface area (Å²) < 4.78 is 23.4. The van der Waals surface area contributed by atoms with E-state index in [4.69, 9.17) is 0 Å². The van der Waals surface area contributed by atoms with Crippen molar-refractivity contribution in [2.45, 2.75) is 43.4 Å². The van der Waals surface area contributed by atoms with Crippen molar-refractivity contribution in [1.29, 1.82) is 0 Å². The topological polar surface area (TPSA) is 63.2 Å². The molecule has 0 radical (unpaired) electrons. The van der Waals surface area contributed by atoms with Crippen LogP contribution in [0.15, 0.2) is 0 Å². The number of carbonyl (C=O) groups is 1. The van der Waals surface area contributed by atoms with E-state index in [-0.39, 0.29) is 16.9 Å². The van der Waals surface area contributed by atoms with Crippen molar-refractivity contribution in [2.24, 2.45) is 0 Å². The first-order valence-corrected chi connectivity index (χ1v) is 6.68. The Labute approximate surface area is 84.0 Å². The molecule has 0 aromatic carbocycles. The van der Waals surface area contributed by atoms with Crippen LogP contribution in [0, 0.1) is 0 Å². The lowest BCUT2D eigenvalue weighted by Gasteiger charge is -2.29. The minimum absolute atomic E-state index is 0.0189. The lowest BCUT2D eigenvalue weighted by atomic mass is 9.93. The summed E-state index contributed by atoms with van der Waals surface area (Å²) in [6.07, 6.45) is 2.54. The third-order valence-electron chi connectivity index (χ3n) is 3.34. The van der Waals surface area contributed by atoms with Gasteiger partial charge in [-0.1, -0.05) is 0 Å². The highest BCUT2D eigenvalue weighted by molar-refractivity contribution is 7.92. The van der Waals surface area contributed by atoms with Crippen LogP contribution in [0.1, 0.15) is 32.6 Å². The van der Waals surface area contributed by atoms with Crippen LogP contribution in [0.4, 0.5) is 0 Å². The zero-order chi connectivity index (χ0) is 10.4. The van der Waals surface area contributed by atoms with Crippen LogP contribution in [0.25, 0.3) is 0 Å². The fraction of sp³-hybridized carbons (Fsp3) is 0.889. The Bertz CT molecular complexity index is 362. The van der Waals surface area contributed by atoms with Gasteiger partial charge in [0.15, 0.2) is 9.84 Å². The first-order valence-electron chi connectivity index (χ1n) is 4.97. The Morgan fingerprint density at radius 1 is 1.50 bits per heavy atom. The third-order valence-corrected chi connectivity index (χ3v) is 5.82. The predicted molar refractivity (Wildman–Crippen MR) is 52.6 cm³/mol. The maximum Gasteiger partial charge on any atom is 0.220 e. The summed E-state index contributed by atoms with van der Waals surface area (Å²) in [4.78, 5) is 11.1. The standard InChI is InChI=1S/C9H15NO3S/c1-9(5-4-8(11)10-9)7-3-2-6-14(7,12)13/h7H,2-6H2,1H3,(H,10,11). The summed E-state index contributed by atoms with van der Waals surface area (Å²) in [7, 11) is -2.97. The number of nitrogens with one attached hydrogen (secondary N) is 1. The van der Waals surface area contributed by atoms with Gasteiger partial charge < -0.3 is 5.32 Å². The Morgan fingerprint density at radius 3 is 2.64 bits per heavy atom. The minimum Gasteiger partial charge on any atom is -0.350 e. The van der Waals surface area contributed by atoms with Crippen LogP contribution in [0.2, 0.25) is 0 Å². The van der Waals surface area contributed by atoms with Gasteiger partial charge in [0, 0.05) is 6.42 Å². The second-order valence-electron chi connectivity index (χ2n) is 4.46. The number of sulfone groups is 1. The van der Waals surface area contributed by atoms with Gasteiger partial charge in [-0.05, 0) is 26.2 Å². The van der Waals surface area contributed by atoms with Crippen molar-refractivity contribution in [1.82, 2.24) is 5.32 Å². The third kappa shape index (κ3) is 1.43. The second kappa shape index (κ2) is 2.95. The fourth-order valence-corrected chi connectivity index (χ4v) is 4.91. The summed E-state index contributed by atoms with van der Waals surface area (Å²) in [6.45, 7) is 1.85. The zero-order valence-electron chi connectivity index (χ0n) is 8.25. The van der Waals surface area contributed by atoms with Gasteiger partial charge in [0.1, 0.15) is 0 Å². The van der Waals surface area contributed by atoms with Gasteiger partial charge in [-0.2, -0.15) is 0 Å². The number of carbonyl (C=O) groups excluding carboxylic acids is 1. The summed E-state index contributed by atoms with van der Waals surface area (Å²) in [5.41, 5.74) is -0.508. The first kappa shape index (κ1) is 9.96. The van der Waals surface area contributed by atoms with Crippen LogP contribution in [0.3, 0.4) is 0 Å². The molecular weight excluding hydrogens is 202 g/mol. The highest BCUT2D eigenvalue weighted by atomic mass is 32.2.